The van der Waals surface area contributed by atoms with Crippen molar-refractivity contribution in [3.8, 4) is 0 Å². The molecule has 5 nitrogen and oxygen atoms in total. The van der Waals surface area contributed by atoms with E-state index in [2.05, 4.69) is 24.8 Å². The Morgan fingerprint density at radius 3 is 1.96 bits per heavy atom. The van der Waals surface area contributed by atoms with Crippen LogP contribution in [-0.4, -0.2) is 29.7 Å². The fourth-order valence-electron chi connectivity index (χ4n) is 3.81. The molecule has 0 spiro atoms. The molecule has 2 aliphatic rings. The van der Waals surface area contributed by atoms with E-state index in [0.29, 0.717) is 6.54 Å². The van der Waals surface area contributed by atoms with E-state index >= 15 is 0 Å². The number of ketones is 4. The van der Waals surface area contributed by atoms with Crippen molar-refractivity contribution in [2.75, 3.05) is 11.4 Å². The zero-order valence-corrected chi connectivity index (χ0v) is 16.3. The molecule has 0 saturated heterocycles. The average molecular weight is 365 g/mol. The zero-order chi connectivity index (χ0) is 20.1. The highest BCUT2D eigenvalue weighted by molar-refractivity contribution is 6.69. The zero-order valence-electron chi connectivity index (χ0n) is 16.3. The van der Waals surface area contributed by atoms with Gasteiger partial charge in [0, 0.05) is 23.3 Å². The van der Waals surface area contributed by atoms with E-state index in [1.54, 1.807) is 6.08 Å². The van der Waals surface area contributed by atoms with E-state index in [1.807, 2.05) is 25.1 Å². The van der Waals surface area contributed by atoms with Gasteiger partial charge in [-0.2, -0.15) is 0 Å². The van der Waals surface area contributed by atoms with E-state index in [-0.39, 0.29) is 11.0 Å². The molecule has 1 aromatic rings. The average Bonchev–Trinajstić information content (AvgIpc) is 2.86. The van der Waals surface area contributed by atoms with Crippen LogP contribution in [0.1, 0.15) is 40.2 Å². The van der Waals surface area contributed by atoms with Crippen molar-refractivity contribution in [1.82, 2.24) is 0 Å². The summed E-state index contributed by atoms with van der Waals surface area (Å²) >= 11 is 0. The normalized spacial score (nSPS) is 22.5. The highest BCUT2D eigenvalue weighted by Gasteiger charge is 2.51. The Kier molecular flexibility index (Phi) is 4.29. The highest BCUT2D eigenvalue weighted by atomic mass is 16.2. The second-order valence-electron chi connectivity index (χ2n) is 7.96. The third kappa shape index (κ3) is 2.60. The van der Waals surface area contributed by atoms with Crippen molar-refractivity contribution in [3.05, 3.63) is 53.3 Å². The number of hydrogen-bond acceptors (Lipinski definition) is 5. The first-order valence-corrected chi connectivity index (χ1v) is 9.03. The summed E-state index contributed by atoms with van der Waals surface area (Å²) < 4.78 is 0. The van der Waals surface area contributed by atoms with Crippen LogP contribution in [0.2, 0.25) is 0 Å². The van der Waals surface area contributed by atoms with Gasteiger partial charge < -0.3 is 4.90 Å². The third-order valence-electron chi connectivity index (χ3n) is 5.56. The minimum Gasteiger partial charge on any atom is -0.344 e. The molecule has 0 unspecified atom stereocenters. The lowest BCUT2D eigenvalue weighted by Gasteiger charge is -2.27. The van der Waals surface area contributed by atoms with E-state index in [4.69, 9.17) is 0 Å². The van der Waals surface area contributed by atoms with Gasteiger partial charge in [0.2, 0.25) is 23.1 Å². The molecule has 27 heavy (non-hydrogen) atoms. The molecule has 1 aromatic carbocycles. The summed E-state index contributed by atoms with van der Waals surface area (Å²) in [7, 11) is 0. The van der Waals surface area contributed by atoms with Crippen LogP contribution in [0.3, 0.4) is 0 Å². The molecule has 0 N–H and O–H groups in total. The minimum atomic E-state index is -1.59. The Hall–Kier alpha value is -2.82. The van der Waals surface area contributed by atoms with Gasteiger partial charge in [0.15, 0.2) is 0 Å². The van der Waals surface area contributed by atoms with Gasteiger partial charge >= 0.3 is 0 Å². The van der Waals surface area contributed by atoms with Crippen LogP contribution in [0.25, 0.3) is 0 Å². The van der Waals surface area contributed by atoms with Gasteiger partial charge in [-0.05, 0) is 44.6 Å². The molecular weight excluding hydrogens is 342 g/mol. The van der Waals surface area contributed by atoms with E-state index in [1.165, 1.54) is 19.9 Å². The number of carbonyl (C=O) groups excluding carboxylic acids is 4. The molecule has 1 fully saturated rings. The van der Waals surface area contributed by atoms with Gasteiger partial charge in [-0.15, -0.1) is 0 Å². The number of likely N-dealkylation sites (N-methyl/N-ethyl adjacent to an activating group) is 1. The Morgan fingerprint density at radius 2 is 1.41 bits per heavy atom. The molecule has 5 heteroatoms. The predicted molar refractivity (Wildman–Crippen MR) is 102 cm³/mol. The molecular formula is C22H23NO4. The van der Waals surface area contributed by atoms with Crippen LogP contribution in [-0.2, 0) is 24.6 Å². The molecule has 1 aliphatic carbocycles. The van der Waals surface area contributed by atoms with E-state index in [0.717, 1.165) is 16.9 Å². The highest BCUT2D eigenvalue weighted by Crippen LogP contribution is 2.47. The maximum Gasteiger partial charge on any atom is 0.233 e. The summed E-state index contributed by atoms with van der Waals surface area (Å²) in [5.74, 6) is -3.45. The van der Waals surface area contributed by atoms with Crippen molar-refractivity contribution < 1.29 is 19.2 Å². The van der Waals surface area contributed by atoms with Crippen molar-refractivity contribution in [3.63, 3.8) is 0 Å². The minimum absolute atomic E-state index is 0.336. The lowest BCUT2D eigenvalue weighted by atomic mass is 9.71. The number of rotatable bonds is 2. The molecule has 3 rings (SSSR count). The number of benzene rings is 1. The summed E-state index contributed by atoms with van der Waals surface area (Å²) in [5.41, 5.74) is 0.855. The summed E-state index contributed by atoms with van der Waals surface area (Å²) in [6.07, 6.45) is 3.02. The maximum absolute atomic E-state index is 12.4. The van der Waals surface area contributed by atoms with Gasteiger partial charge in [-0.3, -0.25) is 19.2 Å². The van der Waals surface area contributed by atoms with Gasteiger partial charge in [0.1, 0.15) is 0 Å². The van der Waals surface area contributed by atoms with Gasteiger partial charge in [0.05, 0.1) is 11.0 Å². The van der Waals surface area contributed by atoms with Crippen LogP contribution in [0.5, 0.6) is 0 Å². The molecule has 1 heterocycles. The van der Waals surface area contributed by atoms with Crippen LogP contribution in [0.15, 0.2) is 47.7 Å². The molecule has 0 radical (unpaired) electrons. The first-order chi connectivity index (χ1) is 12.5. The maximum atomic E-state index is 12.4. The number of fused-ring (bicyclic) bond motifs is 1. The lowest BCUT2D eigenvalue weighted by Crippen LogP contribution is -2.49. The fourth-order valence-corrected chi connectivity index (χ4v) is 3.81. The Morgan fingerprint density at radius 1 is 0.852 bits per heavy atom. The van der Waals surface area contributed by atoms with Crippen molar-refractivity contribution in [2.45, 2.75) is 40.0 Å². The molecule has 140 valence electrons. The first-order valence-electron chi connectivity index (χ1n) is 9.03. The van der Waals surface area contributed by atoms with Crippen LogP contribution < -0.4 is 4.90 Å². The SMILES string of the molecule is CCN1/C(=C\C=C2C(=O)C(=O)C(C)(C)C(=O)C2=O)C(C)(C)c2ccccc21. The van der Waals surface area contributed by atoms with E-state index < -0.39 is 28.5 Å². The van der Waals surface area contributed by atoms with Crippen molar-refractivity contribution >= 4 is 28.8 Å². The molecule has 1 saturated carbocycles. The Balaban J connectivity index is 2.10. The summed E-state index contributed by atoms with van der Waals surface area (Å²) in [4.78, 5) is 51.4. The largest absolute Gasteiger partial charge is 0.344 e. The number of allylic oxidation sites excluding steroid dienone is 4. The molecule has 1 aliphatic heterocycles. The number of para-hydroxylation sites is 1. The van der Waals surface area contributed by atoms with Crippen molar-refractivity contribution in [2.24, 2.45) is 5.41 Å². The van der Waals surface area contributed by atoms with Gasteiger partial charge in [0.25, 0.3) is 0 Å². The van der Waals surface area contributed by atoms with E-state index in [9.17, 15) is 19.2 Å². The number of Topliss-reactive ketones (excluding diaryl/α,β-unsaturated/α-hetero) is 4. The first kappa shape index (κ1) is 19.0. The quantitative estimate of drug-likeness (QED) is 0.349. The van der Waals surface area contributed by atoms with Gasteiger partial charge in [-0.25, -0.2) is 0 Å². The van der Waals surface area contributed by atoms with Crippen LogP contribution in [0, 0.1) is 5.41 Å². The number of anilines is 1. The summed E-state index contributed by atoms with van der Waals surface area (Å²) in [6.45, 7) is 9.50. The number of carbonyl (C=O) groups is 4. The molecule has 0 atom stereocenters. The second kappa shape index (κ2) is 6.12. The van der Waals surface area contributed by atoms with Crippen molar-refractivity contribution in [1.29, 1.82) is 0 Å². The smallest absolute Gasteiger partial charge is 0.233 e. The van der Waals surface area contributed by atoms with Crippen LogP contribution >= 0.6 is 0 Å². The Bertz CT molecular complexity index is 915. The Labute approximate surface area is 158 Å². The number of nitrogens with zero attached hydrogens (tertiary/aromatic N) is 1. The fraction of sp³-hybridized carbons (Fsp3) is 0.364. The second-order valence-corrected chi connectivity index (χ2v) is 7.96. The molecule has 0 bridgehead atoms. The lowest BCUT2D eigenvalue weighted by molar-refractivity contribution is -0.152. The molecule has 0 aromatic heterocycles. The third-order valence-corrected chi connectivity index (χ3v) is 5.56. The summed E-state index contributed by atoms with van der Waals surface area (Å²) in [6, 6.07) is 8.02. The standard InChI is InChI=1S/C22H23NO4/c1-6-23-15-10-8-7-9-14(15)21(2,3)16(23)12-11-13-17(24)19(26)22(4,5)20(27)18(13)25/h7-12H,6H2,1-5H3/b16-12-. The predicted octanol–water partition coefficient (Wildman–Crippen LogP) is 2.93. The number of hydrogen-bond donors (Lipinski definition) is 0. The van der Waals surface area contributed by atoms with Gasteiger partial charge in [-0.1, -0.05) is 32.0 Å². The monoisotopic (exact) mass is 365 g/mol. The van der Waals surface area contributed by atoms with Crippen LogP contribution in [0.4, 0.5) is 5.69 Å². The molecule has 0 amide bonds. The summed E-state index contributed by atoms with van der Waals surface area (Å²) in [5, 5.41) is 0. The topological polar surface area (TPSA) is 71.5 Å².